The van der Waals surface area contributed by atoms with Gasteiger partial charge in [0.15, 0.2) is 0 Å². The zero-order chi connectivity index (χ0) is 23.8. The maximum absolute atomic E-state index is 10.3. The molecular formula is C30H46ClNO2. The molecule has 0 bridgehead atoms. The number of hydrogen-bond donors (Lipinski definition) is 1. The minimum Gasteiger partial charge on any atom is -0.389 e. The maximum Gasteiger partial charge on any atom is 0.0765 e. The summed E-state index contributed by atoms with van der Waals surface area (Å²) in [6.45, 7) is 12.0. The first-order valence-corrected chi connectivity index (χ1v) is 14.8. The summed E-state index contributed by atoms with van der Waals surface area (Å²) in [5.41, 5.74) is 5.36. The van der Waals surface area contributed by atoms with Crippen molar-refractivity contribution >= 4 is 11.6 Å². The standard InChI is InChI=1S/C30H46ClNO2/c1-18-13-27-28(32(17-18)12-11-31)20(3)30(34-27)10-8-23-24-6-5-21-14-22(33)7-9-29(21,4)26(24)15-25(23)19(2)16-30/h14,18,20,22-24,26-28,33H,5-13,15-17H2,1-4H3/t18-,20+,22-,23-,24-,26-,27+,28-,29-,30-/m0/s1. The zero-order valence-corrected chi connectivity index (χ0v) is 22.6. The molecule has 0 aromatic heterocycles. The highest BCUT2D eigenvalue weighted by atomic mass is 35.5. The van der Waals surface area contributed by atoms with Gasteiger partial charge in [-0.15, -0.1) is 11.6 Å². The maximum atomic E-state index is 10.3. The van der Waals surface area contributed by atoms with E-state index in [-0.39, 0.29) is 11.7 Å². The van der Waals surface area contributed by atoms with Gasteiger partial charge in [-0.3, -0.25) is 4.90 Å². The molecule has 4 aliphatic carbocycles. The fourth-order valence-corrected chi connectivity index (χ4v) is 10.2. The molecule has 190 valence electrons. The molecule has 2 aliphatic heterocycles. The highest BCUT2D eigenvalue weighted by molar-refractivity contribution is 6.18. The van der Waals surface area contributed by atoms with Crippen molar-refractivity contribution in [3.8, 4) is 0 Å². The Kier molecular flexibility index (Phi) is 6.08. The predicted octanol–water partition coefficient (Wildman–Crippen LogP) is 6.34. The summed E-state index contributed by atoms with van der Waals surface area (Å²) in [6, 6.07) is 0.536. The minimum atomic E-state index is -0.210. The first-order chi connectivity index (χ1) is 16.3. The molecule has 10 atom stereocenters. The second-order valence-electron chi connectivity index (χ2n) is 13.4. The van der Waals surface area contributed by atoms with Crippen LogP contribution in [0.5, 0.6) is 0 Å². The van der Waals surface area contributed by atoms with E-state index in [1.165, 1.54) is 51.5 Å². The lowest BCUT2D eigenvalue weighted by atomic mass is 9.56. The van der Waals surface area contributed by atoms with Crippen LogP contribution in [-0.2, 0) is 4.74 Å². The van der Waals surface area contributed by atoms with Crippen molar-refractivity contribution in [2.24, 2.45) is 35.0 Å². The van der Waals surface area contributed by atoms with E-state index in [0.29, 0.717) is 29.4 Å². The smallest absolute Gasteiger partial charge is 0.0765 e. The lowest BCUT2D eigenvalue weighted by Crippen LogP contribution is -2.52. The molecule has 6 aliphatic rings. The van der Waals surface area contributed by atoms with Gasteiger partial charge in [-0.05, 0) is 93.8 Å². The van der Waals surface area contributed by atoms with Crippen molar-refractivity contribution in [3.05, 3.63) is 22.8 Å². The second-order valence-corrected chi connectivity index (χ2v) is 13.8. The third kappa shape index (κ3) is 3.54. The van der Waals surface area contributed by atoms with Crippen LogP contribution in [0.1, 0.15) is 85.5 Å². The molecule has 1 spiro atoms. The summed E-state index contributed by atoms with van der Waals surface area (Å²) in [4.78, 5) is 2.67. The molecule has 2 heterocycles. The molecule has 0 unspecified atom stereocenters. The number of hydrogen-bond acceptors (Lipinski definition) is 3. The van der Waals surface area contributed by atoms with E-state index in [2.05, 4.69) is 38.7 Å². The number of aliphatic hydroxyl groups is 1. The molecule has 4 fully saturated rings. The van der Waals surface area contributed by atoms with E-state index in [9.17, 15) is 5.11 Å². The predicted molar refractivity (Wildman–Crippen MR) is 139 cm³/mol. The van der Waals surface area contributed by atoms with Gasteiger partial charge in [0.25, 0.3) is 0 Å². The van der Waals surface area contributed by atoms with Crippen LogP contribution in [0.3, 0.4) is 0 Å². The fourth-order valence-electron chi connectivity index (χ4n) is 10.0. The van der Waals surface area contributed by atoms with Crippen LogP contribution in [0.2, 0.25) is 0 Å². The third-order valence-corrected chi connectivity index (χ3v) is 11.8. The van der Waals surface area contributed by atoms with Gasteiger partial charge in [-0.2, -0.15) is 0 Å². The van der Waals surface area contributed by atoms with Crippen LogP contribution in [-0.4, -0.2) is 52.8 Å². The Morgan fingerprint density at radius 2 is 2.03 bits per heavy atom. The number of aliphatic hydroxyl groups excluding tert-OH is 1. The van der Waals surface area contributed by atoms with Crippen LogP contribution < -0.4 is 0 Å². The number of nitrogens with zero attached hydrogens (tertiary/aromatic N) is 1. The number of fused-ring (bicyclic) bond motifs is 6. The quantitative estimate of drug-likeness (QED) is 0.364. The number of rotatable bonds is 2. The SMILES string of the molecule is CC1=C2C[C@H]3[C@@H](CCC4=C[C@@H](O)CC[C@@]43C)[C@@H]2CC[C@@]2(C1)O[C@@H]1C[C@H](C)CN(CCCl)[C@H]1[C@H]2C. The summed E-state index contributed by atoms with van der Waals surface area (Å²) in [7, 11) is 0. The van der Waals surface area contributed by atoms with Crippen molar-refractivity contribution in [1.29, 1.82) is 0 Å². The van der Waals surface area contributed by atoms with E-state index in [1.807, 2.05) is 0 Å². The first kappa shape index (κ1) is 24.0. The van der Waals surface area contributed by atoms with Crippen LogP contribution in [0.4, 0.5) is 0 Å². The van der Waals surface area contributed by atoms with Crippen molar-refractivity contribution in [2.45, 2.75) is 109 Å². The molecule has 34 heavy (non-hydrogen) atoms. The van der Waals surface area contributed by atoms with E-state index in [1.54, 1.807) is 16.7 Å². The molecule has 3 nitrogen and oxygen atoms in total. The Hall–Kier alpha value is -0.350. The third-order valence-electron chi connectivity index (χ3n) is 11.6. The number of alkyl halides is 1. The Morgan fingerprint density at radius 1 is 1.21 bits per heavy atom. The van der Waals surface area contributed by atoms with E-state index in [0.717, 1.165) is 43.0 Å². The number of ether oxygens (including phenoxy) is 1. The van der Waals surface area contributed by atoms with Crippen molar-refractivity contribution in [1.82, 2.24) is 4.90 Å². The van der Waals surface area contributed by atoms with Gasteiger partial charge in [0.2, 0.25) is 0 Å². The van der Waals surface area contributed by atoms with E-state index < -0.39 is 0 Å². The second kappa shape index (κ2) is 8.61. The molecule has 6 rings (SSSR count). The van der Waals surface area contributed by atoms with Crippen LogP contribution in [0, 0.1) is 35.0 Å². The van der Waals surface area contributed by atoms with Crippen molar-refractivity contribution in [3.63, 3.8) is 0 Å². The van der Waals surface area contributed by atoms with Gasteiger partial charge >= 0.3 is 0 Å². The Morgan fingerprint density at radius 3 is 2.82 bits per heavy atom. The lowest BCUT2D eigenvalue weighted by Gasteiger charge is -2.49. The van der Waals surface area contributed by atoms with E-state index in [4.69, 9.17) is 16.3 Å². The largest absolute Gasteiger partial charge is 0.389 e. The number of halogens is 1. The molecule has 2 saturated heterocycles. The number of piperidine rings is 1. The molecule has 4 heteroatoms. The molecule has 1 N–H and O–H groups in total. The van der Waals surface area contributed by atoms with Gasteiger partial charge in [-0.25, -0.2) is 0 Å². The minimum absolute atomic E-state index is 0.0133. The summed E-state index contributed by atoms with van der Waals surface area (Å²) in [6.07, 6.45) is 13.2. The van der Waals surface area contributed by atoms with Gasteiger partial charge in [0.1, 0.15) is 0 Å². The lowest BCUT2D eigenvalue weighted by molar-refractivity contribution is -0.0790. The normalized spacial score (nSPS) is 50.9. The van der Waals surface area contributed by atoms with Gasteiger partial charge < -0.3 is 9.84 Å². The average Bonchev–Trinajstić information content (AvgIpc) is 3.25. The molecule has 0 aromatic carbocycles. The van der Waals surface area contributed by atoms with Gasteiger partial charge in [-0.1, -0.05) is 43.6 Å². The average molecular weight is 488 g/mol. The fraction of sp³-hybridized carbons (Fsp3) is 0.867. The number of allylic oxidation sites excluding steroid dienone is 2. The summed E-state index contributed by atoms with van der Waals surface area (Å²) >= 11 is 6.24. The van der Waals surface area contributed by atoms with Crippen LogP contribution >= 0.6 is 11.6 Å². The Bertz CT molecular complexity index is 883. The Labute approximate surface area is 212 Å². The highest BCUT2D eigenvalue weighted by Gasteiger charge is 2.59. The topological polar surface area (TPSA) is 32.7 Å². The number of likely N-dealkylation sites (tertiary alicyclic amines) is 1. The van der Waals surface area contributed by atoms with E-state index >= 15 is 0 Å². The van der Waals surface area contributed by atoms with Crippen LogP contribution in [0.15, 0.2) is 22.8 Å². The molecular weight excluding hydrogens is 442 g/mol. The Balaban J connectivity index is 1.28. The van der Waals surface area contributed by atoms with Crippen molar-refractivity contribution < 1.29 is 9.84 Å². The molecule has 0 aromatic rings. The summed E-state index contributed by atoms with van der Waals surface area (Å²) < 4.78 is 7.17. The summed E-state index contributed by atoms with van der Waals surface area (Å²) in [5, 5.41) is 10.3. The zero-order valence-electron chi connectivity index (χ0n) is 21.9. The van der Waals surface area contributed by atoms with Gasteiger partial charge in [0, 0.05) is 30.9 Å². The molecule has 2 saturated carbocycles. The molecule has 0 radical (unpaired) electrons. The van der Waals surface area contributed by atoms with Gasteiger partial charge in [0.05, 0.1) is 17.8 Å². The van der Waals surface area contributed by atoms with Crippen molar-refractivity contribution in [2.75, 3.05) is 19.0 Å². The summed E-state index contributed by atoms with van der Waals surface area (Å²) in [5.74, 6) is 4.33. The monoisotopic (exact) mass is 487 g/mol. The molecule has 0 amide bonds. The first-order valence-electron chi connectivity index (χ1n) is 14.3. The highest BCUT2D eigenvalue weighted by Crippen LogP contribution is 2.64. The van der Waals surface area contributed by atoms with Crippen LogP contribution in [0.25, 0.3) is 0 Å².